The molecule has 0 aromatic heterocycles. The van der Waals surface area contributed by atoms with Crippen LogP contribution >= 0.6 is 15.9 Å². The van der Waals surface area contributed by atoms with E-state index in [9.17, 15) is 13.2 Å². The first kappa shape index (κ1) is 11.0. The zero-order chi connectivity index (χ0) is 11.0. The molecule has 82 valence electrons. The summed E-state index contributed by atoms with van der Waals surface area (Å²) in [7, 11) is 0. The van der Waals surface area contributed by atoms with Gasteiger partial charge in [0.25, 0.3) is 6.43 Å². The van der Waals surface area contributed by atoms with Crippen LogP contribution in [-0.2, 0) is 13.0 Å². The fourth-order valence-electron chi connectivity index (χ4n) is 1.78. The Morgan fingerprint density at radius 1 is 1.33 bits per heavy atom. The Balaban J connectivity index is 2.59. The van der Waals surface area contributed by atoms with Crippen LogP contribution in [0.4, 0.5) is 13.2 Å². The number of hydrogen-bond acceptors (Lipinski definition) is 1. The maximum Gasteiger partial charge on any atom is 0.266 e. The first-order chi connectivity index (χ1) is 7.11. The lowest BCUT2D eigenvalue weighted by molar-refractivity contribution is 0.146. The third kappa shape index (κ3) is 1.90. The lowest BCUT2D eigenvalue weighted by atomic mass is 9.97. The van der Waals surface area contributed by atoms with E-state index < -0.39 is 17.8 Å². The average molecular weight is 280 g/mol. The van der Waals surface area contributed by atoms with Gasteiger partial charge in [-0.2, -0.15) is 0 Å². The minimum atomic E-state index is -2.76. The van der Waals surface area contributed by atoms with Crippen LogP contribution in [0.1, 0.15) is 23.1 Å². The van der Waals surface area contributed by atoms with Crippen molar-refractivity contribution in [2.75, 3.05) is 6.54 Å². The van der Waals surface area contributed by atoms with Crippen molar-refractivity contribution >= 4 is 15.9 Å². The molecule has 0 radical (unpaired) electrons. The molecule has 0 saturated heterocycles. The van der Waals surface area contributed by atoms with E-state index in [1.165, 1.54) is 6.07 Å². The highest BCUT2D eigenvalue weighted by Gasteiger charge is 2.23. The molecule has 0 spiro atoms. The maximum atomic E-state index is 13.7. The molecule has 1 nitrogen and oxygen atoms in total. The molecule has 1 aliphatic rings. The molecular formula is C10H9BrF3N. The van der Waals surface area contributed by atoms with Gasteiger partial charge in [-0.3, -0.25) is 0 Å². The van der Waals surface area contributed by atoms with Gasteiger partial charge in [0.1, 0.15) is 5.82 Å². The first-order valence-corrected chi connectivity index (χ1v) is 5.39. The number of rotatable bonds is 1. The number of nitrogens with one attached hydrogen (secondary N) is 1. The monoisotopic (exact) mass is 279 g/mol. The van der Waals surface area contributed by atoms with Crippen LogP contribution in [0.3, 0.4) is 0 Å². The van der Waals surface area contributed by atoms with Crippen molar-refractivity contribution in [3.8, 4) is 0 Å². The van der Waals surface area contributed by atoms with Gasteiger partial charge in [0, 0.05) is 11.0 Å². The zero-order valence-corrected chi connectivity index (χ0v) is 9.37. The molecule has 0 amide bonds. The van der Waals surface area contributed by atoms with Gasteiger partial charge < -0.3 is 5.32 Å². The SMILES string of the molecule is Fc1c(C(F)F)cc(Br)c2c1CCNC2. The van der Waals surface area contributed by atoms with Crippen molar-refractivity contribution in [1.82, 2.24) is 5.32 Å². The molecule has 0 unspecified atom stereocenters. The first-order valence-electron chi connectivity index (χ1n) is 4.59. The predicted octanol–water partition coefficient (Wildman–Crippen LogP) is 3.17. The summed E-state index contributed by atoms with van der Waals surface area (Å²) in [4.78, 5) is 0. The van der Waals surface area contributed by atoms with Gasteiger partial charge in [-0.25, -0.2) is 13.2 Å². The van der Waals surface area contributed by atoms with Gasteiger partial charge in [-0.15, -0.1) is 0 Å². The minimum absolute atomic E-state index is 0.415. The molecule has 15 heavy (non-hydrogen) atoms. The van der Waals surface area contributed by atoms with E-state index in [0.29, 0.717) is 29.5 Å². The van der Waals surface area contributed by atoms with Gasteiger partial charge in [0.2, 0.25) is 0 Å². The summed E-state index contributed by atoms with van der Waals surface area (Å²) in [6, 6.07) is 1.17. The Labute approximate surface area is 93.8 Å². The van der Waals surface area contributed by atoms with E-state index in [0.717, 1.165) is 5.56 Å². The van der Waals surface area contributed by atoms with Gasteiger partial charge >= 0.3 is 0 Å². The summed E-state index contributed by atoms with van der Waals surface area (Å²) in [5, 5.41) is 3.07. The largest absolute Gasteiger partial charge is 0.312 e. The summed E-state index contributed by atoms with van der Waals surface area (Å²) in [6.07, 6.45) is -2.30. The second-order valence-corrected chi connectivity index (χ2v) is 4.30. The molecule has 1 aromatic rings. The van der Waals surface area contributed by atoms with E-state index in [-0.39, 0.29) is 0 Å². The van der Waals surface area contributed by atoms with Gasteiger partial charge in [0.15, 0.2) is 0 Å². The van der Waals surface area contributed by atoms with E-state index in [1.807, 2.05) is 0 Å². The number of fused-ring (bicyclic) bond motifs is 1. The Morgan fingerprint density at radius 3 is 2.73 bits per heavy atom. The maximum absolute atomic E-state index is 13.7. The van der Waals surface area contributed by atoms with Crippen LogP contribution in [0.5, 0.6) is 0 Å². The van der Waals surface area contributed by atoms with Crippen molar-refractivity contribution in [2.45, 2.75) is 19.4 Å². The Morgan fingerprint density at radius 2 is 2.07 bits per heavy atom. The highest BCUT2D eigenvalue weighted by Crippen LogP contribution is 2.33. The van der Waals surface area contributed by atoms with Crippen molar-refractivity contribution < 1.29 is 13.2 Å². The standard InChI is InChI=1S/C10H9BrF3N/c11-8-3-6(10(13)14)9(12)5-1-2-15-4-7(5)8/h3,10,15H,1-2,4H2. The van der Waals surface area contributed by atoms with Crippen molar-refractivity contribution in [2.24, 2.45) is 0 Å². The number of alkyl halides is 2. The van der Waals surface area contributed by atoms with Crippen LogP contribution in [0.2, 0.25) is 0 Å². The predicted molar refractivity (Wildman–Crippen MR) is 54.5 cm³/mol. The lowest BCUT2D eigenvalue weighted by Gasteiger charge is -2.20. The molecule has 1 heterocycles. The summed E-state index contributed by atoms with van der Waals surface area (Å²) in [6.45, 7) is 1.15. The minimum Gasteiger partial charge on any atom is -0.312 e. The number of halogens is 4. The Kier molecular flexibility index (Phi) is 3.02. The average Bonchev–Trinajstić information content (AvgIpc) is 2.23. The Hall–Kier alpha value is -0.550. The molecule has 0 saturated carbocycles. The second kappa shape index (κ2) is 4.14. The number of hydrogen-bond donors (Lipinski definition) is 1. The summed E-state index contributed by atoms with van der Waals surface area (Å²) >= 11 is 3.20. The van der Waals surface area contributed by atoms with E-state index >= 15 is 0 Å². The van der Waals surface area contributed by atoms with Crippen LogP contribution in [0.25, 0.3) is 0 Å². The van der Waals surface area contributed by atoms with Crippen LogP contribution in [0.15, 0.2) is 10.5 Å². The van der Waals surface area contributed by atoms with Gasteiger partial charge in [0.05, 0.1) is 5.56 Å². The summed E-state index contributed by atoms with van der Waals surface area (Å²) in [5.41, 5.74) is 0.657. The van der Waals surface area contributed by atoms with Crippen molar-refractivity contribution in [3.05, 3.63) is 33.0 Å². The van der Waals surface area contributed by atoms with Crippen molar-refractivity contribution in [1.29, 1.82) is 0 Å². The van der Waals surface area contributed by atoms with Crippen LogP contribution in [-0.4, -0.2) is 6.54 Å². The summed E-state index contributed by atoms with van der Waals surface area (Å²) < 4.78 is 39.2. The third-order valence-corrected chi connectivity index (χ3v) is 3.25. The summed E-state index contributed by atoms with van der Waals surface area (Å²) in [5.74, 6) is -0.746. The topological polar surface area (TPSA) is 12.0 Å². The van der Waals surface area contributed by atoms with E-state index in [4.69, 9.17) is 0 Å². The molecule has 0 fully saturated rings. The van der Waals surface area contributed by atoms with Gasteiger partial charge in [-0.05, 0) is 30.2 Å². The number of benzene rings is 1. The third-order valence-electron chi connectivity index (χ3n) is 2.54. The van der Waals surface area contributed by atoms with E-state index in [2.05, 4.69) is 21.2 Å². The molecule has 1 aliphatic heterocycles. The highest BCUT2D eigenvalue weighted by atomic mass is 79.9. The smallest absolute Gasteiger partial charge is 0.266 e. The molecular weight excluding hydrogens is 271 g/mol. The quantitative estimate of drug-likeness (QED) is 0.833. The Bertz CT molecular complexity index is 393. The van der Waals surface area contributed by atoms with E-state index in [1.54, 1.807) is 0 Å². The molecule has 0 atom stereocenters. The fourth-order valence-corrected chi connectivity index (χ4v) is 2.40. The fraction of sp³-hybridized carbons (Fsp3) is 0.400. The van der Waals surface area contributed by atoms with Gasteiger partial charge in [-0.1, -0.05) is 15.9 Å². The molecule has 1 aromatic carbocycles. The molecule has 1 N–H and O–H groups in total. The van der Waals surface area contributed by atoms with Crippen molar-refractivity contribution in [3.63, 3.8) is 0 Å². The normalized spacial score (nSPS) is 15.5. The molecule has 5 heteroatoms. The lowest BCUT2D eigenvalue weighted by Crippen LogP contribution is -2.25. The molecule has 0 bridgehead atoms. The zero-order valence-electron chi connectivity index (χ0n) is 7.79. The van der Waals surface area contributed by atoms with Crippen LogP contribution < -0.4 is 5.32 Å². The van der Waals surface area contributed by atoms with Crippen LogP contribution in [0, 0.1) is 5.82 Å². The second-order valence-electron chi connectivity index (χ2n) is 3.45. The highest BCUT2D eigenvalue weighted by molar-refractivity contribution is 9.10. The molecule has 2 rings (SSSR count). The molecule has 0 aliphatic carbocycles.